The van der Waals surface area contributed by atoms with Crippen LogP contribution in [-0.4, -0.2) is 18.0 Å². The highest BCUT2D eigenvalue weighted by Crippen LogP contribution is 2.25. The molecular formula is C20H23ClN2O2. The van der Waals surface area contributed by atoms with Crippen LogP contribution in [-0.2, 0) is 4.79 Å². The number of ether oxygens (including phenoxy) is 1. The van der Waals surface area contributed by atoms with E-state index in [1.165, 1.54) is 0 Å². The third-order valence-corrected chi connectivity index (χ3v) is 4.78. The molecule has 2 aromatic rings. The van der Waals surface area contributed by atoms with Crippen LogP contribution in [0.1, 0.15) is 37.4 Å². The standard InChI is InChI=1S/C20H23ClN2O2/c21-15-6-12-18(13-7-15)25-19(14-4-2-1-3-5-14)20(24)23-17-10-8-16(22)9-11-17/h1-7,12-13,16-17,19H,8-11,22H2,(H,23,24). The number of rotatable bonds is 5. The SMILES string of the molecule is NC1CCC(NC(=O)C(Oc2ccc(Cl)cc2)c2ccccc2)CC1. The zero-order chi connectivity index (χ0) is 17.6. The lowest BCUT2D eigenvalue weighted by atomic mass is 9.91. The molecule has 1 unspecified atom stereocenters. The van der Waals surface area contributed by atoms with Crippen LogP contribution in [0.25, 0.3) is 0 Å². The van der Waals surface area contributed by atoms with E-state index in [0.29, 0.717) is 10.8 Å². The van der Waals surface area contributed by atoms with Crippen molar-refractivity contribution in [3.05, 3.63) is 65.2 Å². The van der Waals surface area contributed by atoms with Crippen LogP contribution in [0.2, 0.25) is 5.02 Å². The van der Waals surface area contributed by atoms with Crippen LogP contribution in [0.3, 0.4) is 0 Å². The predicted octanol–water partition coefficient (Wildman–Crippen LogP) is 3.85. The summed E-state index contributed by atoms with van der Waals surface area (Å²) in [5, 5.41) is 3.76. The molecule has 3 N–H and O–H groups in total. The molecule has 5 heteroatoms. The average molecular weight is 359 g/mol. The van der Waals surface area contributed by atoms with E-state index in [1.807, 2.05) is 30.3 Å². The summed E-state index contributed by atoms with van der Waals surface area (Å²) in [6.45, 7) is 0. The van der Waals surface area contributed by atoms with Crippen molar-refractivity contribution in [3.63, 3.8) is 0 Å². The van der Waals surface area contributed by atoms with Gasteiger partial charge in [-0.05, 0) is 49.9 Å². The quantitative estimate of drug-likeness (QED) is 0.853. The fourth-order valence-corrected chi connectivity index (χ4v) is 3.22. The second-order valence-corrected chi connectivity index (χ2v) is 6.92. The number of amides is 1. The number of benzene rings is 2. The lowest BCUT2D eigenvalue weighted by molar-refractivity contribution is -0.129. The first-order valence-corrected chi connectivity index (χ1v) is 9.03. The second-order valence-electron chi connectivity index (χ2n) is 6.48. The van der Waals surface area contributed by atoms with E-state index in [1.54, 1.807) is 24.3 Å². The second kappa shape index (κ2) is 8.37. The monoisotopic (exact) mass is 358 g/mol. The van der Waals surface area contributed by atoms with Gasteiger partial charge in [0.15, 0.2) is 0 Å². The van der Waals surface area contributed by atoms with Crippen molar-refractivity contribution < 1.29 is 9.53 Å². The van der Waals surface area contributed by atoms with E-state index >= 15 is 0 Å². The summed E-state index contributed by atoms with van der Waals surface area (Å²) in [6.07, 6.45) is 3.01. The van der Waals surface area contributed by atoms with Crippen molar-refractivity contribution in [2.24, 2.45) is 5.73 Å². The summed E-state index contributed by atoms with van der Waals surface area (Å²) >= 11 is 5.92. The van der Waals surface area contributed by atoms with Crippen LogP contribution in [0, 0.1) is 0 Å². The lowest BCUT2D eigenvalue weighted by Gasteiger charge is -2.28. The van der Waals surface area contributed by atoms with Crippen molar-refractivity contribution in [3.8, 4) is 5.75 Å². The van der Waals surface area contributed by atoms with Gasteiger partial charge in [0.2, 0.25) is 6.10 Å². The molecule has 132 valence electrons. The van der Waals surface area contributed by atoms with Gasteiger partial charge in [0, 0.05) is 22.7 Å². The Kier molecular flexibility index (Phi) is 5.95. The van der Waals surface area contributed by atoms with E-state index in [0.717, 1.165) is 31.2 Å². The van der Waals surface area contributed by atoms with Crippen LogP contribution in [0.5, 0.6) is 5.75 Å². The smallest absolute Gasteiger partial charge is 0.266 e. The molecule has 0 saturated heterocycles. The number of carbonyl (C=O) groups excluding carboxylic acids is 1. The largest absolute Gasteiger partial charge is 0.476 e. The summed E-state index contributed by atoms with van der Waals surface area (Å²) < 4.78 is 5.98. The number of carbonyl (C=O) groups is 1. The molecule has 1 fully saturated rings. The Morgan fingerprint density at radius 1 is 1.04 bits per heavy atom. The van der Waals surface area contributed by atoms with Gasteiger partial charge in [0.05, 0.1) is 0 Å². The molecule has 0 spiro atoms. The van der Waals surface area contributed by atoms with E-state index in [9.17, 15) is 4.79 Å². The van der Waals surface area contributed by atoms with Crippen molar-refractivity contribution >= 4 is 17.5 Å². The van der Waals surface area contributed by atoms with Crippen LogP contribution < -0.4 is 15.8 Å². The predicted molar refractivity (Wildman–Crippen MR) is 99.6 cm³/mol. The summed E-state index contributed by atoms with van der Waals surface area (Å²) in [4.78, 5) is 12.9. The van der Waals surface area contributed by atoms with E-state index in [4.69, 9.17) is 22.1 Å². The Labute approximate surface area is 153 Å². The minimum atomic E-state index is -0.696. The minimum absolute atomic E-state index is 0.123. The number of nitrogens with two attached hydrogens (primary N) is 1. The van der Waals surface area contributed by atoms with Crippen molar-refractivity contribution in [1.29, 1.82) is 0 Å². The molecule has 25 heavy (non-hydrogen) atoms. The molecule has 0 aliphatic heterocycles. The Morgan fingerprint density at radius 3 is 2.32 bits per heavy atom. The van der Waals surface area contributed by atoms with Gasteiger partial charge < -0.3 is 15.8 Å². The molecule has 1 saturated carbocycles. The maximum absolute atomic E-state index is 12.9. The number of hydrogen-bond acceptors (Lipinski definition) is 3. The van der Waals surface area contributed by atoms with Crippen LogP contribution in [0.4, 0.5) is 0 Å². The highest BCUT2D eigenvalue weighted by molar-refractivity contribution is 6.30. The van der Waals surface area contributed by atoms with E-state index < -0.39 is 6.10 Å². The molecule has 0 bridgehead atoms. The molecule has 3 rings (SSSR count). The molecule has 1 aliphatic rings. The number of halogens is 1. The third-order valence-electron chi connectivity index (χ3n) is 4.53. The number of hydrogen-bond donors (Lipinski definition) is 2. The Hall–Kier alpha value is -2.04. The molecule has 0 heterocycles. The Morgan fingerprint density at radius 2 is 1.68 bits per heavy atom. The molecule has 1 atom stereocenters. The van der Waals surface area contributed by atoms with Gasteiger partial charge in [-0.1, -0.05) is 41.9 Å². The van der Waals surface area contributed by atoms with Crippen LogP contribution in [0.15, 0.2) is 54.6 Å². The topological polar surface area (TPSA) is 64.3 Å². The first kappa shape index (κ1) is 17.8. The van der Waals surface area contributed by atoms with Gasteiger partial charge in [-0.2, -0.15) is 0 Å². The summed E-state index contributed by atoms with van der Waals surface area (Å²) in [7, 11) is 0. The molecule has 0 radical (unpaired) electrons. The first-order valence-electron chi connectivity index (χ1n) is 8.65. The zero-order valence-corrected chi connectivity index (χ0v) is 14.8. The van der Waals surface area contributed by atoms with Crippen molar-refractivity contribution in [1.82, 2.24) is 5.32 Å². The van der Waals surface area contributed by atoms with E-state index in [-0.39, 0.29) is 18.0 Å². The first-order chi connectivity index (χ1) is 12.1. The summed E-state index contributed by atoms with van der Waals surface area (Å²) in [5.41, 5.74) is 6.77. The molecule has 2 aromatic carbocycles. The third kappa shape index (κ3) is 4.97. The van der Waals surface area contributed by atoms with Gasteiger partial charge >= 0.3 is 0 Å². The van der Waals surface area contributed by atoms with Crippen molar-refractivity contribution in [2.75, 3.05) is 0 Å². The van der Waals surface area contributed by atoms with Crippen LogP contribution >= 0.6 is 11.6 Å². The molecule has 1 amide bonds. The number of nitrogens with one attached hydrogen (secondary N) is 1. The normalized spacial score (nSPS) is 21.4. The summed E-state index contributed by atoms with van der Waals surface area (Å²) in [6, 6.07) is 17.0. The van der Waals surface area contributed by atoms with E-state index in [2.05, 4.69) is 5.32 Å². The minimum Gasteiger partial charge on any atom is -0.476 e. The fraction of sp³-hybridized carbons (Fsp3) is 0.350. The fourth-order valence-electron chi connectivity index (χ4n) is 3.09. The van der Waals surface area contributed by atoms with Crippen molar-refractivity contribution in [2.45, 2.75) is 43.9 Å². The Bertz CT molecular complexity index is 683. The molecule has 4 nitrogen and oxygen atoms in total. The van der Waals surface area contributed by atoms with Gasteiger partial charge in [0.1, 0.15) is 5.75 Å². The Balaban J connectivity index is 1.73. The lowest BCUT2D eigenvalue weighted by Crippen LogP contribution is -2.43. The molecular weight excluding hydrogens is 336 g/mol. The highest BCUT2D eigenvalue weighted by atomic mass is 35.5. The zero-order valence-electron chi connectivity index (χ0n) is 14.0. The maximum Gasteiger partial charge on any atom is 0.266 e. The summed E-state index contributed by atoms with van der Waals surface area (Å²) in [5.74, 6) is 0.487. The van der Waals surface area contributed by atoms with Gasteiger partial charge in [-0.3, -0.25) is 4.79 Å². The molecule has 0 aromatic heterocycles. The van der Waals surface area contributed by atoms with Gasteiger partial charge in [-0.25, -0.2) is 0 Å². The van der Waals surface area contributed by atoms with Gasteiger partial charge in [-0.15, -0.1) is 0 Å². The van der Waals surface area contributed by atoms with Gasteiger partial charge in [0.25, 0.3) is 5.91 Å². The maximum atomic E-state index is 12.9. The molecule has 1 aliphatic carbocycles. The highest BCUT2D eigenvalue weighted by Gasteiger charge is 2.27. The average Bonchev–Trinajstić information content (AvgIpc) is 2.64.